The highest BCUT2D eigenvalue weighted by Crippen LogP contribution is 2.33. The van der Waals surface area contributed by atoms with E-state index in [0.29, 0.717) is 6.79 Å². The molecule has 0 atom stereocenters. The normalized spacial score (nSPS) is 12.4. The fourth-order valence-corrected chi connectivity index (χ4v) is 2.68. The van der Waals surface area contributed by atoms with Crippen LogP contribution in [0.25, 0.3) is 5.82 Å². The Balaban J connectivity index is 1.55. The third-order valence-corrected chi connectivity index (χ3v) is 3.91. The first-order valence-electron chi connectivity index (χ1n) is 7.77. The van der Waals surface area contributed by atoms with Crippen LogP contribution in [-0.2, 0) is 6.54 Å². The molecular formula is C18H18N4O2. The molecule has 1 aliphatic heterocycles. The minimum Gasteiger partial charge on any atom is -0.454 e. The highest BCUT2D eigenvalue weighted by atomic mass is 16.7. The van der Waals surface area contributed by atoms with E-state index in [2.05, 4.69) is 10.00 Å². The van der Waals surface area contributed by atoms with Crippen molar-refractivity contribution >= 4 is 5.82 Å². The summed E-state index contributed by atoms with van der Waals surface area (Å²) in [6, 6.07) is 11.9. The van der Waals surface area contributed by atoms with Crippen LogP contribution in [0.5, 0.6) is 11.5 Å². The average molecular weight is 322 g/mol. The zero-order chi connectivity index (χ0) is 16.5. The molecule has 3 aromatic rings. The summed E-state index contributed by atoms with van der Waals surface area (Å²) >= 11 is 0. The zero-order valence-electron chi connectivity index (χ0n) is 13.6. The van der Waals surface area contributed by atoms with E-state index in [0.717, 1.165) is 40.8 Å². The van der Waals surface area contributed by atoms with Crippen molar-refractivity contribution in [2.45, 2.75) is 13.5 Å². The monoisotopic (exact) mass is 322 g/mol. The lowest BCUT2D eigenvalue weighted by atomic mass is 10.2. The van der Waals surface area contributed by atoms with Crippen LogP contribution >= 0.6 is 0 Å². The van der Waals surface area contributed by atoms with E-state index < -0.39 is 0 Å². The summed E-state index contributed by atoms with van der Waals surface area (Å²) in [7, 11) is 2.02. The summed E-state index contributed by atoms with van der Waals surface area (Å²) < 4.78 is 12.6. The topological polar surface area (TPSA) is 52.4 Å². The summed E-state index contributed by atoms with van der Waals surface area (Å²) in [5, 5.41) is 4.32. The smallest absolute Gasteiger partial charge is 0.231 e. The summed E-state index contributed by atoms with van der Waals surface area (Å²) in [5.41, 5.74) is 2.25. The van der Waals surface area contributed by atoms with E-state index in [1.807, 2.05) is 62.8 Å². The predicted octanol–water partition coefficient (Wildman–Crippen LogP) is 2.94. The number of anilines is 1. The first-order valence-corrected chi connectivity index (χ1v) is 7.77. The molecule has 0 radical (unpaired) electrons. The van der Waals surface area contributed by atoms with E-state index in [4.69, 9.17) is 14.5 Å². The molecule has 0 N–H and O–H groups in total. The summed E-state index contributed by atoms with van der Waals surface area (Å²) in [6.45, 7) is 3.03. The number of aryl methyl sites for hydroxylation is 1. The molecule has 0 spiro atoms. The third-order valence-electron chi connectivity index (χ3n) is 3.91. The standard InChI is InChI=1S/C18H18N4O2/c1-13-9-19-22(10-13)18-5-3-4-17(20-18)21(2)11-14-6-7-15-16(8-14)24-12-23-15/h3-10H,11-12H2,1-2H3. The Labute approximate surface area is 140 Å². The second kappa shape index (κ2) is 5.88. The number of pyridine rings is 1. The van der Waals surface area contributed by atoms with Gasteiger partial charge in [0.1, 0.15) is 5.82 Å². The number of nitrogens with zero attached hydrogens (tertiary/aromatic N) is 4. The summed E-state index contributed by atoms with van der Waals surface area (Å²) in [4.78, 5) is 6.79. The molecule has 0 unspecified atom stereocenters. The van der Waals surface area contributed by atoms with Gasteiger partial charge in [-0.05, 0) is 42.3 Å². The molecule has 1 aromatic carbocycles. The van der Waals surface area contributed by atoms with Crippen molar-refractivity contribution in [3.05, 3.63) is 59.9 Å². The number of benzene rings is 1. The molecule has 0 bridgehead atoms. The fourth-order valence-electron chi connectivity index (χ4n) is 2.68. The molecule has 24 heavy (non-hydrogen) atoms. The Kier molecular flexibility index (Phi) is 3.57. The van der Waals surface area contributed by atoms with Crippen molar-refractivity contribution in [2.24, 2.45) is 0 Å². The Hall–Kier alpha value is -3.02. The lowest BCUT2D eigenvalue weighted by Gasteiger charge is -2.19. The van der Waals surface area contributed by atoms with E-state index in [1.165, 1.54) is 0 Å². The Morgan fingerprint density at radius 1 is 1.17 bits per heavy atom. The molecule has 0 saturated heterocycles. The van der Waals surface area contributed by atoms with Gasteiger partial charge in [-0.3, -0.25) is 0 Å². The van der Waals surface area contributed by atoms with Gasteiger partial charge in [-0.25, -0.2) is 9.67 Å². The maximum atomic E-state index is 5.44. The lowest BCUT2D eigenvalue weighted by Crippen LogP contribution is -2.18. The van der Waals surface area contributed by atoms with Crippen molar-refractivity contribution in [3.63, 3.8) is 0 Å². The van der Waals surface area contributed by atoms with Gasteiger partial charge in [0.25, 0.3) is 0 Å². The van der Waals surface area contributed by atoms with Crippen LogP contribution in [0.1, 0.15) is 11.1 Å². The number of ether oxygens (including phenoxy) is 2. The minimum atomic E-state index is 0.293. The van der Waals surface area contributed by atoms with Gasteiger partial charge in [0, 0.05) is 19.8 Å². The van der Waals surface area contributed by atoms with Crippen molar-refractivity contribution in [3.8, 4) is 17.3 Å². The lowest BCUT2D eigenvalue weighted by molar-refractivity contribution is 0.174. The summed E-state index contributed by atoms with van der Waals surface area (Å²) in [6.07, 6.45) is 3.79. The third kappa shape index (κ3) is 2.78. The van der Waals surface area contributed by atoms with Crippen molar-refractivity contribution in [1.29, 1.82) is 0 Å². The van der Waals surface area contributed by atoms with Crippen LogP contribution in [0.15, 0.2) is 48.8 Å². The van der Waals surface area contributed by atoms with Gasteiger partial charge in [0.15, 0.2) is 17.3 Å². The largest absolute Gasteiger partial charge is 0.454 e. The molecule has 0 fully saturated rings. The predicted molar refractivity (Wildman–Crippen MR) is 90.8 cm³/mol. The van der Waals surface area contributed by atoms with E-state index in [9.17, 15) is 0 Å². The van der Waals surface area contributed by atoms with Gasteiger partial charge in [0.2, 0.25) is 6.79 Å². The van der Waals surface area contributed by atoms with Crippen LogP contribution in [0.3, 0.4) is 0 Å². The van der Waals surface area contributed by atoms with Crippen LogP contribution in [-0.4, -0.2) is 28.6 Å². The molecule has 6 nitrogen and oxygen atoms in total. The van der Waals surface area contributed by atoms with Crippen molar-refractivity contribution in [1.82, 2.24) is 14.8 Å². The van der Waals surface area contributed by atoms with Crippen LogP contribution in [0.4, 0.5) is 5.82 Å². The van der Waals surface area contributed by atoms with Crippen LogP contribution in [0.2, 0.25) is 0 Å². The second-order valence-corrected chi connectivity index (χ2v) is 5.86. The molecule has 122 valence electrons. The molecule has 0 aliphatic carbocycles. The van der Waals surface area contributed by atoms with Crippen molar-refractivity contribution < 1.29 is 9.47 Å². The molecule has 2 aromatic heterocycles. The van der Waals surface area contributed by atoms with Crippen LogP contribution in [0, 0.1) is 6.92 Å². The van der Waals surface area contributed by atoms with Crippen molar-refractivity contribution in [2.75, 3.05) is 18.7 Å². The number of fused-ring (bicyclic) bond motifs is 1. The fraction of sp³-hybridized carbons (Fsp3) is 0.222. The van der Waals surface area contributed by atoms with Gasteiger partial charge in [-0.2, -0.15) is 5.10 Å². The van der Waals surface area contributed by atoms with E-state index in [1.54, 1.807) is 4.68 Å². The second-order valence-electron chi connectivity index (χ2n) is 5.86. The summed E-state index contributed by atoms with van der Waals surface area (Å²) in [5.74, 6) is 3.29. The molecule has 4 rings (SSSR count). The molecule has 6 heteroatoms. The van der Waals surface area contributed by atoms with Gasteiger partial charge < -0.3 is 14.4 Å². The van der Waals surface area contributed by atoms with Gasteiger partial charge in [-0.1, -0.05) is 12.1 Å². The number of rotatable bonds is 4. The quantitative estimate of drug-likeness (QED) is 0.739. The van der Waals surface area contributed by atoms with Crippen LogP contribution < -0.4 is 14.4 Å². The average Bonchev–Trinajstić information content (AvgIpc) is 3.23. The number of hydrogen-bond donors (Lipinski definition) is 0. The van der Waals surface area contributed by atoms with Gasteiger partial charge >= 0.3 is 0 Å². The Morgan fingerprint density at radius 2 is 2.04 bits per heavy atom. The Bertz CT molecular complexity index is 875. The molecule has 1 aliphatic rings. The molecule has 0 amide bonds. The zero-order valence-corrected chi connectivity index (χ0v) is 13.6. The maximum Gasteiger partial charge on any atom is 0.231 e. The molecule has 0 saturated carbocycles. The minimum absolute atomic E-state index is 0.293. The van der Waals surface area contributed by atoms with Gasteiger partial charge in [-0.15, -0.1) is 0 Å². The highest BCUT2D eigenvalue weighted by Gasteiger charge is 2.14. The highest BCUT2D eigenvalue weighted by molar-refractivity contribution is 5.47. The van der Waals surface area contributed by atoms with E-state index >= 15 is 0 Å². The molecular weight excluding hydrogens is 304 g/mol. The first kappa shape index (κ1) is 14.6. The molecule has 3 heterocycles. The Morgan fingerprint density at radius 3 is 2.88 bits per heavy atom. The number of aromatic nitrogens is 3. The van der Waals surface area contributed by atoms with Gasteiger partial charge in [0.05, 0.1) is 6.20 Å². The SMILES string of the molecule is Cc1cnn(-c2cccc(N(C)Cc3ccc4c(c3)OCO4)n2)c1. The maximum absolute atomic E-state index is 5.44. The first-order chi connectivity index (χ1) is 11.7. The van der Waals surface area contributed by atoms with E-state index in [-0.39, 0.29) is 0 Å². The number of hydrogen-bond acceptors (Lipinski definition) is 5.